The molecule has 0 radical (unpaired) electrons. The Bertz CT molecular complexity index is 531. The summed E-state index contributed by atoms with van der Waals surface area (Å²) in [5.41, 5.74) is -0.111. The number of H-pyrrole nitrogens is 1. The Morgan fingerprint density at radius 2 is 2.18 bits per heavy atom. The number of hydrogen-bond donors (Lipinski definition) is 1. The average molecular weight is 308 g/mol. The Hall–Kier alpha value is -1.47. The number of rotatable bonds is 2. The topological polar surface area (TPSA) is 80.3 Å². The minimum absolute atomic E-state index is 0.00129. The smallest absolute Gasteiger partial charge is 0.228 e. The molecule has 0 bridgehead atoms. The third-order valence-electron chi connectivity index (χ3n) is 4.14. The van der Waals surface area contributed by atoms with Gasteiger partial charge >= 0.3 is 0 Å². The Balaban J connectivity index is 1.67. The monoisotopic (exact) mass is 308 g/mol. The summed E-state index contributed by atoms with van der Waals surface area (Å²) in [6, 6.07) is 0. The molecule has 0 saturated carbocycles. The number of morpholine rings is 1. The van der Waals surface area contributed by atoms with Gasteiger partial charge in [0.05, 0.1) is 25.7 Å². The predicted octanol–water partition coefficient (Wildman–Crippen LogP) is 1.04. The number of nitrogens with zero attached hydrogens (tertiary/aromatic N) is 3. The normalized spacial score (nSPS) is 26.4. The lowest BCUT2D eigenvalue weighted by Gasteiger charge is -2.33. The number of aromatic amines is 1. The van der Waals surface area contributed by atoms with Crippen LogP contribution < -0.4 is 0 Å². The highest BCUT2D eigenvalue weighted by atomic mass is 16.5. The van der Waals surface area contributed by atoms with Crippen molar-refractivity contribution in [1.29, 1.82) is 0 Å². The van der Waals surface area contributed by atoms with Crippen molar-refractivity contribution in [3.8, 4) is 0 Å². The maximum Gasteiger partial charge on any atom is 0.228 e. The molecule has 1 amide bonds. The van der Waals surface area contributed by atoms with Crippen LogP contribution in [0.25, 0.3) is 0 Å². The SMILES string of the molecule is CC(C)(C)c1n[nH]c([C@@H]2CN(C(=O)[C@@H]3CCOC3)CCO2)n1. The van der Waals surface area contributed by atoms with Crippen molar-refractivity contribution in [1.82, 2.24) is 20.1 Å². The van der Waals surface area contributed by atoms with Gasteiger partial charge in [0.25, 0.3) is 0 Å². The van der Waals surface area contributed by atoms with Crippen LogP contribution in [-0.2, 0) is 19.7 Å². The van der Waals surface area contributed by atoms with E-state index in [-0.39, 0.29) is 23.3 Å². The Labute approximate surface area is 130 Å². The van der Waals surface area contributed by atoms with Crippen molar-refractivity contribution in [2.24, 2.45) is 5.92 Å². The molecule has 2 aliphatic heterocycles. The quantitative estimate of drug-likeness (QED) is 0.883. The molecular weight excluding hydrogens is 284 g/mol. The van der Waals surface area contributed by atoms with E-state index in [0.29, 0.717) is 38.7 Å². The van der Waals surface area contributed by atoms with Crippen molar-refractivity contribution in [3.05, 3.63) is 11.6 Å². The lowest BCUT2D eigenvalue weighted by molar-refractivity contribution is -0.143. The molecule has 0 spiro atoms. The molecule has 0 aliphatic carbocycles. The number of nitrogens with one attached hydrogen (secondary N) is 1. The van der Waals surface area contributed by atoms with E-state index in [0.717, 1.165) is 12.2 Å². The zero-order chi connectivity index (χ0) is 15.7. The summed E-state index contributed by atoms with van der Waals surface area (Å²) >= 11 is 0. The van der Waals surface area contributed by atoms with Crippen molar-refractivity contribution < 1.29 is 14.3 Å². The van der Waals surface area contributed by atoms with Gasteiger partial charge in [-0.1, -0.05) is 20.8 Å². The highest BCUT2D eigenvalue weighted by Gasteiger charge is 2.33. The van der Waals surface area contributed by atoms with E-state index < -0.39 is 0 Å². The third kappa shape index (κ3) is 3.15. The van der Waals surface area contributed by atoms with Crippen LogP contribution in [0.3, 0.4) is 0 Å². The number of ether oxygens (including phenoxy) is 2. The van der Waals surface area contributed by atoms with E-state index in [1.807, 2.05) is 4.90 Å². The van der Waals surface area contributed by atoms with E-state index in [2.05, 4.69) is 36.0 Å². The first-order valence-corrected chi connectivity index (χ1v) is 7.86. The minimum Gasteiger partial charge on any atom is -0.381 e. The van der Waals surface area contributed by atoms with Gasteiger partial charge < -0.3 is 14.4 Å². The zero-order valence-corrected chi connectivity index (χ0v) is 13.5. The van der Waals surface area contributed by atoms with Gasteiger partial charge in [0.1, 0.15) is 6.10 Å². The molecule has 3 heterocycles. The number of hydrogen-bond acceptors (Lipinski definition) is 5. The van der Waals surface area contributed by atoms with Crippen LogP contribution in [-0.4, -0.2) is 58.9 Å². The highest BCUT2D eigenvalue weighted by molar-refractivity contribution is 5.79. The van der Waals surface area contributed by atoms with Gasteiger partial charge in [0, 0.05) is 18.6 Å². The van der Waals surface area contributed by atoms with Crippen molar-refractivity contribution in [3.63, 3.8) is 0 Å². The fraction of sp³-hybridized carbons (Fsp3) is 0.800. The van der Waals surface area contributed by atoms with Gasteiger partial charge in [-0.05, 0) is 6.42 Å². The maximum absolute atomic E-state index is 12.5. The van der Waals surface area contributed by atoms with Gasteiger partial charge in [0.2, 0.25) is 5.91 Å². The van der Waals surface area contributed by atoms with Crippen LogP contribution in [0.5, 0.6) is 0 Å². The molecule has 122 valence electrons. The van der Waals surface area contributed by atoms with E-state index in [1.54, 1.807) is 0 Å². The molecular formula is C15H24N4O3. The number of carbonyl (C=O) groups is 1. The van der Waals surface area contributed by atoms with Gasteiger partial charge in [-0.15, -0.1) is 0 Å². The third-order valence-corrected chi connectivity index (χ3v) is 4.14. The Kier molecular flexibility index (Phi) is 4.18. The van der Waals surface area contributed by atoms with Crippen LogP contribution in [0.4, 0.5) is 0 Å². The van der Waals surface area contributed by atoms with Crippen molar-refractivity contribution in [2.75, 3.05) is 32.9 Å². The van der Waals surface area contributed by atoms with Gasteiger partial charge in [-0.25, -0.2) is 4.98 Å². The minimum atomic E-state index is -0.233. The average Bonchev–Trinajstić information content (AvgIpc) is 3.17. The largest absolute Gasteiger partial charge is 0.381 e. The zero-order valence-electron chi connectivity index (χ0n) is 13.5. The molecule has 3 rings (SSSR count). The summed E-state index contributed by atoms with van der Waals surface area (Å²) in [7, 11) is 0. The van der Waals surface area contributed by atoms with E-state index in [4.69, 9.17) is 9.47 Å². The summed E-state index contributed by atoms with van der Waals surface area (Å²) < 4.78 is 11.1. The molecule has 7 heteroatoms. The highest BCUT2D eigenvalue weighted by Crippen LogP contribution is 2.25. The van der Waals surface area contributed by atoms with Crippen LogP contribution >= 0.6 is 0 Å². The molecule has 1 aromatic heterocycles. The second-order valence-electron chi connectivity index (χ2n) is 7.00. The van der Waals surface area contributed by atoms with Crippen molar-refractivity contribution in [2.45, 2.75) is 38.7 Å². The summed E-state index contributed by atoms with van der Waals surface area (Å²) in [6.07, 6.45) is 0.584. The summed E-state index contributed by atoms with van der Waals surface area (Å²) in [4.78, 5) is 18.9. The number of aromatic nitrogens is 3. The van der Waals surface area contributed by atoms with Gasteiger partial charge in [0.15, 0.2) is 11.6 Å². The Morgan fingerprint density at radius 1 is 1.36 bits per heavy atom. The number of amides is 1. The number of carbonyl (C=O) groups excluding carboxylic acids is 1. The van der Waals surface area contributed by atoms with E-state index in [1.165, 1.54) is 0 Å². The molecule has 2 aliphatic rings. The van der Waals surface area contributed by atoms with Crippen LogP contribution in [0.1, 0.15) is 44.9 Å². The first-order chi connectivity index (χ1) is 10.4. The van der Waals surface area contributed by atoms with Crippen LogP contribution in [0.2, 0.25) is 0 Å². The second-order valence-corrected chi connectivity index (χ2v) is 7.00. The fourth-order valence-corrected chi connectivity index (χ4v) is 2.76. The summed E-state index contributed by atoms with van der Waals surface area (Å²) in [5, 5.41) is 7.23. The summed E-state index contributed by atoms with van der Waals surface area (Å²) in [6.45, 7) is 9.10. The molecule has 0 unspecified atom stereocenters. The first-order valence-electron chi connectivity index (χ1n) is 7.86. The van der Waals surface area contributed by atoms with E-state index >= 15 is 0 Å². The van der Waals surface area contributed by atoms with Crippen LogP contribution in [0.15, 0.2) is 0 Å². The maximum atomic E-state index is 12.5. The van der Waals surface area contributed by atoms with Crippen molar-refractivity contribution >= 4 is 5.91 Å². The fourth-order valence-electron chi connectivity index (χ4n) is 2.76. The molecule has 2 fully saturated rings. The molecule has 0 aromatic carbocycles. The molecule has 1 N–H and O–H groups in total. The lowest BCUT2D eigenvalue weighted by atomic mass is 9.96. The molecule has 2 saturated heterocycles. The molecule has 2 atom stereocenters. The Morgan fingerprint density at radius 3 is 2.82 bits per heavy atom. The van der Waals surface area contributed by atoms with E-state index in [9.17, 15) is 4.79 Å². The second kappa shape index (κ2) is 5.96. The van der Waals surface area contributed by atoms with Crippen LogP contribution in [0, 0.1) is 5.92 Å². The molecule has 1 aromatic rings. The molecule has 22 heavy (non-hydrogen) atoms. The molecule has 7 nitrogen and oxygen atoms in total. The van der Waals surface area contributed by atoms with Gasteiger partial charge in [-0.3, -0.25) is 9.89 Å². The first kappa shape index (κ1) is 15.4. The predicted molar refractivity (Wildman–Crippen MR) is 79.3 cm³/mol. The standard InChI is InChI=1S/C15H24N4O3/c1-15(2,3)14-16-12(17-18-14)11-8-19(5-7-22-11)13(20)10-4-6-21-9-10/h10-11H,4-9H2,1-3H3,(H,16,17,18)/t10-,11+/m1/s1. The van der Waals surface area contributed by atoms with Gasteiger partial charge in [-0.2, -0.15) is 5.10 Å². The lowest BCUT2D eigenvalue weighted by Crippen LogP contribution is -2.45. The summed E-state index contributed by atoms with van der Waals surface area (Å²) in [5.74, 6) is 1.63.